The molecule has 1 aromatic carbocycles. The molecule has 0 bridgehead atoms. The number of ketones is 1. The first-order chi connectivity index (χ1) is 8.47. The minimum Gasteiger partial charge on any atom is -0.493 e. The molecule has 0 aromatic heterocycles. The maximum atomic E-state index is 12.1. The van der Waals surface area contributed by atoms with Crippen molar-refractivity contribution in [2.75, 3.05) is 6.61 Å². The van der Waals surface area contributed by atoms with E-state index in [0.29, 0.717) is 24.3 Å². The Bertz CT molecular complexity index is 440. The van der Waals surface area contributed by atoms with Crippen molar-refractivity contribution in [1.82, 2.24) is 0 Å². The summed E-state index contributed by atoms with van der Waals surface area (Å²) in [7, 11) is 0. The Labute approximate surface area is 103 Å². The van der Waals surface area contributed by atoms with E-state index >= 15 is 0 Å². The molecule has 1 atom stereocenters. The minimum absolute atomic E-state index is 0.358. The minimum atomic E-state index is -4.28. The summed E-state index contributed by atoms with van der Waals surface area (Å²) in [5, 5.41) is 0. The molecule has 1 unspecified atom stereocenters. The van der Waals surface area contributed by atoms with Crippen molar-refractivity contribution in [1.29, 1.82) is 0 Å². The lowest BCUT2D eigenvalue weighted by atomic mass is 9.87. The van der Waals surface area contributed by atoms with Crippen molar-refractivity contribution in [3.05, 3.63) is 29.8 Å². The number of carbonyl (C=O) groups is 1. The third-order valence-electron chi connectivity index (χ3n) is 3.00. The van der Waals surface area contributed by atoms with Crippen LogP contribution in [-0.4, -0.2) is 18.6 Å². The first-order valence-electron chi connectivity index (χ1n) is 5.78. The zero-order valence-corrected chi connectivity index (χ0v) is 9.67. The molecule has 0 fully saturated rings. The average molecular weight is 258 g/mol. The normalized spacial score (nSPS) is 18.9. The second-order valence-corrected chi connectivity index (χ2v) is 4.31. The summed E-state index contributed by atoms with van der Waals surface area (Å²) in [6, 6.07) is 7.02. The third kappa shape index (κ3) is 3.03. The van der Waals surface area contributed by atoms with E-state index in [-0.39, 0.29) is 5.78 Å². The molecule has 0 amide bonds. The lowest BCUT2D eigenvalue weighted by Crippen LogP contribution is -2.22. The standard InChI is InChI=1S/C13H13F3O2/c14-13(15,16)7-5-11(17)9-6-8-18-12-4-2-1-3-10(9)12/h1-4,9H,5-8H2. The molecular weight excluding hydrogens is 245 g/mol. The molecule has 0 spiro atoms. The number of Topliss-reactive ketones (excluding diaryl/α,β-unsaturated/α-hetero) is 1. The summed E-state index contributed by atoms with van der Waals surface area (Å²) in [4.78, 5) is 11.9. The second kappa shape index (κ2) is 5.00. The number of ether oxygens (including phenoxy) is 1. The Balaban J connectivity index is 2.08. The molecule has 5 heteroatoms. The predicted octanol–water partition coefficient (Wildman–Crippen LogP) is 3.46. The van der Waals surface area contributed by atoms with E-state index in [0.717, 1.165) is 0 Å². The van der Waals surface area contributed by atoms with Gasteiger partial charge in [0.2, 0.25) is 0 Å². The van der Waals surface area contributed by atoms with Crippen LogP contribution in [0.1, 0.15) is 30.7 Å². The van der Waals surface area contributed by atoms with Gasteiger partial charge in [-0.1, -0.05) is 18.2 Å². The maximum absolute atomic E-state index is 12.1. The Kier molecular flexibility index (Phi) is 3.59. The molecule has 0 saturated carbocycles. The fourth-order valence-corrected chi connectivity index (χ4v) is 2.12. The Morgan fingerprint density at radius 2 is 2.06 bits per heavy atom. The van der Waals surface area contributed by atoms with E-state index in [1.807, 2.05) is 0 Å². The van der Waals surface area contributed by atoms with Crippen LogP contribution in [0.2, 0.25) is 0 Å². The van der Waals surface area contributed by atoms with Gasteiger partial charge < -0.3 is 4.74 Å². The van der Waals surface area contributed by atoms with Gasteiger partial charge in [-0.25, -0.2) is 0 Å². The zero-order valence-electron chi connectivity index (χ0n) is 9.67. The highest BCUT2D eigenvalue weighted by Crippen LogP contribution is 2.35. The number of benzene rings is 1. The number of carbonyl (C=O) groups excluding carboxylic acids is 1. The van der Waals surface area contributed by atoms with Crippen LogP contribution in [0.15, 0.2) is 24.3 Å². The van der Waals surface area contributed by atoms with Crippen LogP contribution in [0.4, 0.5) is 13.2 Å². The third-order valence-corrected chi connectivity index (χ3v) is 3.00. The summed E-state index contributed by atoms with van der Waals surface area (Å²) >= 11 is 0. The highest BCUT2D eigenvalue weighted by atomic mass is 19.4. The molecule has 1 aromatic rings. The largest absolute Gasteiger partial charge is 0.493 e. The van der Waals surface area contributed by atoms with E-state index in [1.54, 1.807) is 24.3 Å². The van der Waals surface area contributed by atoms with Crippen molar-refractivity contribution >= 4 is 5.78 Å². The number of para-hydroxylation sites is 1. The lowest BCUT2D eigenvalue weighted by Gasteiger charge is -2.24. The molecule has 2 rings (SSSR count). The SMILES string of the molecule is O=C(CCC(F)(F)F)C1CCOc2ccccc21. The van der Waals surface area contributed by atoms with Crippen molar-refractivity contribution in [3.63, 3.8) is 0 Å². The van der Waals surface area contributed by atoms with Gasteiger partial charge in [-0.05, 0) is 12.5 Å². The van der Waals surface area contributed by atoms with Gasteiger partial charge in [-0.2, -0.15) is 13.2 Å². The number of rotatable bonds is 3. The Morgan fingerprint density at radius 3 is 2.78 bits per heavy atom. The molecule has 2 nitrogen and oxygen atoms in total. The number of fused-ring (bicyclic) bond motifs is 1. The van der Waals surface area contributed by atoms with Crippen molar-refractivity contribution in [2.45, 2.75) is 31.4 Å². The molecule has 98 valence electrons. The van der Waals surface area contributed by atoms with Gasteiger partial charge >= 0.3 is 6.18 Å². The van der Waals surface area contributed by atoms with Gasteiger partial charge in [0.1, 0.15) is 11.5 Å². The Hall–Kier alpha value is -1.52. The Morgan fingerprint density at radius 1 is 1.33 bits per heavy atom. The van der Waals surface area contributed by atoms with Gasteiger partial charge in [-0.15, -0.1) is 0 Å². The molecule has 0 N–H and O–H groups in total. The maximum Gasteiger partial charge on any atom is 0.389 e. The van der Waals surface area contributed by atoms with Crippen LogP contribution in [-0.2, 0) is 4.79 Å². The number of alkyl halides is 3. The van der Waals surface area contributed by atoms with Gasteiger partial charge in [0.25, 0.3) is 0 Å². The molecule has 1 aliphatic heterocycles. The molecule has 0 radical (unpaired) electrons. The van der Waals surface area contributed by atoms with E-state index < -0.39 is 24.9 Å². The summed E-state index contributed by atoms with van der Waals surface area (Å²) < 4.78 is 41.7. The van der Waals surface area contributed by atoms with Crippen molar-refractivity contribution < 1.29 is 22.7 Å². The first-order valence-corrected chi connectivity index (χ1v) is 5.78. The predicted molar refractivity (Wildman–Crippen MR) is 59.6 cm³/mol. The average Bonchev–Trinajstić information content (AvgIpc) is 2.34. The van der Waals surface area contributed by atoms with Crippen LogP contribution in [0, 0.1) is 0 Å². The summed E-state index contributed by atoms with van der Waals surface area (Å²) in [6.07, 6.45) is -5.33. The quantitative estimate of drug-likeness (QED) is 0.829. The van der Waals surface area contributed by atoms with Gasteiger partial charge in [0, 0.05) is 17.9 Å². The molecule has 1 heterocycles. The second-order valence-electron chi connectivity index (χ2n) is 4.31. The van der Waals surface area contributed by atoms with Gasteiger partial charge in [-0.3, -0.25) is 4.79 Å². The van der Waals surface area contributed by atoms with Crippen LogP contribution < -0.4 is 4.74 Å². The molecule has 0 saturated heterocycles. The number of hydrogen-bond acceptors (Lipinski definition) is 2. The van der Waals surface area contributed by atoms with E-state index in [1.165, 1.54) is 0 Å². The zero-order chi connectivity index (χ0) is 13.2. The molecule has 1 aliphatic rings. The summed E-state index contributed by atoms with van der Waals surface area (Å²) in [5.74, 6) is -0.213. The molecule has 18 heavy (non-hydrogen) atoms. The highest BCUT2D eigenvalue weighted by Gasteiger charge is 2.32. The first kappa shape index (κ1) is 12.9. The lowest BCUT2D eigenvalue weighted by molar-refractivity contribution is -0.144. The number of halogens is 3. The van der Waals surface area contributed by atoms with Crippen LogP contribution >= 0.6 is 0 Å². The summed E-state index contributed by atoms with van der Waals surface area (Å²) in [6.45, 7) is 0.374. The van der Waals surface area contributed by atoms with Gasteiger partial charge in [0.05, 0.1) is 13.0 Å². The monoisotopic (exact) mass is 258 g/mol. The molecular formula is C13H13F3O2. The van der Waals surface area contributed by atoms with E-state index in [4.69, 9.17) is 4.74 Å². The van der Waals surface area contributed by atoms with Crippen LogP contribution in [0.25, 0.3) is 0 Å². The topological polar surface area (TPSA) is 26.3 Å². The highest BCUT2D eigenvalue weighted by molar-refractivity contribution is 5.86. The van der Waals surface area contributed by atoms with Crippen LogP contribution in [0.3, 0.4) is 0 Å². The fourth-order valence-electron chi connectivity index (χ4n) is 2.12. The smallest absolute Gasteiger partial charge is 0.389 e. The number of hydrogen-bond donors (Lipinski definition) is 0. The van der Waals surface area contributed by atoms with E-state index in [9.17, 15) is 18.0 Å². The van der Waals surface area contributed by atoms with Crippen LogP contribution in [0.5, 0.6) is 5.75 Å². The van der Waals surface area contributed by atoms with Gasteiger partial charge in [0.15, 0.2) is 0 Å². The van der Waals surface area contributed by atoms with Crippen molar-refractivity contribution in [2.24, 2.45) is 0 Å². The summed E-state index contributed by atoms with van der Waals surface area (Å²) in [5.41, 5.74) is 0.705. The molecule has 0 aliphatic carbocycles. The van der Waals surface area contributed by atoms with E-state index in [2.05, 4.69) is 0 Å². The van der Waals surface area contributed by atoms with Crippen molar-refractivity contribution in [3.8, 4) is 5.75 Å². The fraction of sp³-hybridized carbons (Fsp3) is 0.462.